The highest BCUT2D eigenvalue weighted by atomic mass is 16.5. The van der Waals surface area contributed by atoms with Crippen LogP contribution < -0.4 is 14.8 Å². The first-order valence-corrected chi connectivity index (χ1v) is 7.31. The van der Waals surface area contributed by atoms with Crippen LogP contribution in [-0.4, -0.2) is 14.2 Å². The summed E-state index contributed by atoms with van der Waals surface area (Å²) in [5.74, 6) is 1.65. The van der Waals surface area contributed by atoms with Crippen LogP contribution in [0.5, 0.6) is 11.5 Å². The summed E-state index contributed by atoms with van der Waals surface area (Å²) >= 11 is 0. The van der Waals surface area contributed by atoms with Crippen molar-refractivity contribution in [3.05, 3.63) is 53.6 Å². The number of aryl methyl sites for hydroxylation is 1. The van der Waals surface area contributed by atoms with E-state index in [1.807, 2.05) is 18.2 Å². The molecule has 0 saturated heterocycles. The maximum absolute atomic E-state index is 5.43. The minimum absolute atomic E-state index is 0.730. The first kappa shape index (κ1) is 15.2. The van der Waals surface area contributed by atoms with Crippen molar-refractivity contribution < 1.29 is 9.47 Å². The first-order chi connectivity index (χ1) is 10.3. The number of ether oxygens (including phenoxy) is 2. The van der Waals surface area contributed by atoms with Gasteiger partial charge in [-0.1, -0.05) is 31.5 Å². The fourth-order valence-corrected chi connectivity index (χ4v) is 2.37. The molecule has 0 bridgehead atoms. The van der Waals surface area contributed by atoms with Crippen LogP contribution in [0, 0.1) is 0 Å². The van der Waals surface area contributed by atoms with Crippen molar-refractivity contribution in [3.8, 4) is 11.5 Å². The van der Waals surface area contributed by atoms with Gasteiger partial charge in [0.1, 0.15) is 11.5 Å². The third-order valence-corrected chi connectivity index (χ3v) is 3.50. The third-order valence-electron chi connectivity index (χ3n) is 3.50. The molecule has 0 saturated carbocycles. The summed E-state index contributed by atoms with van der Waals surface area (Å²) in [7, 11) is 3.34. The molecule has 21 heavy (non-hydrogen) atoms. The van der Waals surface area contributed by atoms with Crippen molar-refractivity contribution in [2.75, 3.05) is 19.5 Å². The molecule has 0 amide bonds. The Hall–Kier alpha value is -2.16. The number of hydrogen-bond acceptors (Lipinski definition) is 3. The third kappa shape index (κ3) is 3.91. The van der Waals surface area contributed by atoms with Crippen molar-refractivity contribution in [3.63, 3.8) is 0 Å². The van der Waals surface area contributed by atoms with Crippen LogP contribution in [0.3, 0.4) is 0 Å². The number of hydrogen-bond donors (Lipinski definition) is 1. The van der Waals surface area contributed by atoms with Crippen molar-refractivity contribution in [1.82, 2.24) is 0 Å². The maximum Gasteiger partial charge on any atom is 0.127 e. The molecule has 0 aliphatic rings. The van der Waals surface area contributed by atoms with E-state index in [1.165, 1.54) is 11.3 Å². The minimum Gasteiger partial charge on any atom is -0.497 e. The second kappa shape index (κ2) is 7.58. The van der Waals surface area contributed by atoms with Crippen molar-refractivity contribution in [1.29, 1.82) is 0 Å². The van der Waals surface area contributed by atoms with E-state index in [1.54, 1.807) is 14.2 Å². The standard InChI is InChI=1S/C18H23NO2/c1-4-7-14-8-5-6-9-17(14)19-13-15-10-11-16(20-2)12-18(15)21-3/h5-6,8-12,19H,4,7,13H2,1-3H3. The van der Waals surface area contributed by atoms with Gasteiger partial charge in [-0.15, -0.1) is 0 Å². The zero-order chi connectivity index (χ0) is 15.1. The molecule has 2 aromatic carbocycles. The smallest absolute Gasteiger partial charge is 0.127 e. The van der Waals surface area contributed by atoms with Gasteiger partial charge in [-0.25, -0.2) is 0 Å². The Balaban J connectivity index is 2.13. The van der Waals surface area contributed by atoms with E-state index in [4.69, 9.17) is 9.47 Å². The molecule has 0 heterocycles. The molecule has 0 aromatic heterocycles. The zero-order valence-electron chi connectivity index (χ0n) is 13.0. The van der Waals surface area contributed by atoms with Gasteiger partial charge < -0.3 is 14.8 Å². The van der Waals surface area contributed by atoms with Gasteiger partial charge in [-0.3, -0.25) is 0 Å². The predicted molar refractivity (Wildman–Crippen MR) is 87.3 cm³/mol. The predicted octanol–water partition coefficient (Wildman–Crippen LogP) is 4.27. The summed E-state index contributed by atoms with van der Waals surface area (Å²) in [5.41, 5.74) is 3.66. The Labute approximate surface area is 126 Å². The molecule has 0 radical (unpaired) electrons. The number of nitrogens with one attached hydrogen (secondary N) is 1. The first-order valence-electron chi connectivity index (χ1n) is 7.31. The van der Waals surface area contributed by atoms with E-state index >= 15 is 0 Å². The normalized spacial score (nSPS) is 10.2. The number of anilines is 1. The van der Waals surface area contributed by atoms with Gasteiger partial charge in [0.25, 0.3) is 0 Å². The largest absolute Gasteiger partial charge is 0.497 e. The van der Waals surface area contributed by atoms with Gasteiger partial charge in [0.05, 0.1) is 14.2 Å². The molecule has 0 fully saturated rings. The molecule has 2 rings (SSSR count). The molecular formula is C18H23NO2. The number of para-hydroxylation sites is 1. The Morgan fingerprint density at radius 3 is 2.48 bits per heavy atom. The summed E-state index contributed by atoms with van der Waals surface area (Å²) in [5, 5.41) is 3.51. The lowest BCUT2D eigenvalue weighted by Gasteiger charge is -2.14. The van der Waals surface area contributed by atoms with Crippen molar-refractivity contribution in [2.24, 2.45) is 0 Å². The molecular weight excluding hydrogens is 262 g/mol. The molecule has 2 aromatic rings. The summed E-state index contributed by atoms with van der Waals surface area (Å²) in [6, 6.07) is 14.4. The van der Waals surface area contributed by atoms with Crippen LogP contribution in [0.15, 0.2) is 42.5 Å². The second-order valence-corrected chi connectivity index (χ2v) is 4.94. The Morgan fingerprint density at radius 1 is 0.952 bits per heavy atom. The highest BCUT2D eigenvalue weighted by Crippen LogP contribution is 2.26. The van der Waals surface area contributed by atoms with E-state index < -0.39 is 0 Å². The highest BCUT2D eigenvalue weighted by molar-refractivity contribution is 5.52. The van der Waals surface area contributed by atoms with Crippen LogP contribution >= 0.6 is 0 Å². The summed E-state index contributed by atoms with van der Waals surface area (Å²) in [6.45, 7) is 2.93. The summed E-state index contributed by atoms with van der Waals surface area (Å²) < 4.78 is 10.7. The Morgan fingerprint density at radius 2 is 1.76 bits per heavy atom. The number of methoxy groups -OCH3 is 2. The lowest BCUT2D eigenvalue weighted by molar-refractivity contribution is 0.391. The second-order valence-electron chi connectivity index (χ2n) is 4.94. The lowest BCUT2D eigenvalue weighted by Crippen LogP contribution is -2.04. The van der Waals surface area contributed by atoms with Gasteiger partial charge in [0.15, 0.2) is 0 Å². The summed E-state index contributed by atoms with van der Waals surface area (Å²) in [6.07, 6.45) is 2.23. The molecule has 0 spiro atoms. The molecule has 0 atom stereocenters. The average molecular weight is 285 g/mol. The van der Waals surface area contributed by atoms with E-state index in [2.05, 4.69) is 36.5 Å². The van der Waals surface area contributed by atoms with Gasteiger partial charge in [0.2, 0.25) is 0 Å². The average Bonchev–Trinajstić information content (AvgIpc) is 2.54. The van der Waals surface area contributed by atoms with Gasteiger partial charge in [-0.2, -0.15) is 0 Å². The Kier molecular flexibility index (Phi) is 5.50. The topological polar surface area (TPSA) is 30.5 Å². The van der Waals surface area contributed by atoms with Crippen LogP contribution in [0.4, 0.5) is 5.69 Å². The van der Waals surface area contributed by atoms with E-state index in [-0.39, 0.29) is 0 Å². The number of rotatable bonds is 7. The Bertz CT molecular complexity index is 581. The quantitative estimate of drug-likeness (QED) is 0.824. The molecule has 0 unspecified atom stereocenters. The molecule has 3 nitrogen and oxygen atoms in total. The SMILES string of the molecule is CCCc1ccccc1NCc1ccc(OC)cc1OC. The fourth-order valence-electron chi connectivity index (χ4n) is 2.37. The number of benzene rings is 2. The summed E-state index contributed by atoms with van der Waals surface area (Å²) in [4.78, 5) is 0. The highest BCUT2D eigenvalue weighted by Gasteiger charge is 2.06. The molecule has 3 heteroatoms. The van der Waals surface area contributed by atoms with E-state index in [0.717, 1.165) is 36.4 Å². The van der Waals surface area contributed by atoms with Crippen LogP contribution in [-0.2, 0) is 13.0 Å². The molecule has 0 aliphatic heterocycles. The van der Waals surface area contributed by atoms with E-state index in [0.29, 0.717) is 0 Å². The van der Waals surface area contributed by atoms with Crippen molar-refractivity contribution >= 4 is 5.69 Å². The fraction of sp³-hybridized carbons (Fsp3) is 0.333. The monoisotopic (exact) mass is 285 g/mol. The van der Waals surface area contributed by atoms with Crippen LogP contribution in [0.25, 0.3) is 0 Å². The molecule has 1 N–H and O–H groups in total. The minimum atomic E-state index is 0.730. The zero-order valence-corrected chi connectivity index (χ0v) is 13.0. The molecule has 112 valence electrons. The van der Waals surface area contributed by atoms with Gasteiger partial charge >= 0.3 is 0 Å². The van der Waals surface area contributed by atoms with Gasteiger partial charge in [-0.05, 0) is 30.2 Å². The van der Waals surface area contributed by atoms with Crippen molar-refractivity contribution in [2.45, 2.75) is 26.3 Å². The van der Waals surface area contributed by atoms with E-state index in [9.17, 15) is 0 Å². The van der Waals surface area contributed by atoms with Crippen LogP contribution in [0.1, 0.15) is 24.5 Å². The maximum atomic E-state index is 5.43. The molecule has 0 aliphatic carbocycles. The lowest BCUT2D eigenvalue weighted by atomic mass is 10.1. The van der Waals surface area contributed by atoms with Gasteiger partial charge in [0, 0.05) is 23.9 Å². The van der Waals surface area contributed by atoms with Crippen LogP contribution in [0.2, 0.25) is 0 Å².